The minimum absolute atomic E-state index is 0.330. The van der Waals surface area contributed by atoms with Crippen LogP contribution >= 0.6 is 0 Å². The summed E-state index contributed by atoms with van der Waals surface area (Å²) in [5, 5.41) is 15.4. The van der Waals surface area contributed by atoms with Crippen LogP contribution in [0.15, 0.2) is 47.4 Å². The molecule has 154 valence electrons. The summed E-state index contributed by atoms with van der Waals surface area (Å²) in [6.45, 7) is 4.94. The van der Waals surface area contributed by atoms with Crippen molar-refractivity contribution in [2.75, 3.05) is 13.1 Å². The van der Waals surface area contributed by atoms with E-state index in [0.29, 0.717) is 35.0 Å². The van der Waals surface area contributed by atoms with Crippen molar-refractivity contribution in [3.63, 3.8) is 0 Å². The second-order valence-corrected chi connectivity index (χ2v) is 9.74. The van der Waals surface area contributed by atoms with Crippen LogP contribution in [0.25, 0.3) is 27.8 Å². The third-order valence-electron chi connectivity index (χ3n) is 5.83. The summed E-state index contributed by atoms with van der Waals surface area (Å²) in [5.74, 6) is 0.536. The molecule has 0 saturated carbocycles. The summed E-state index contributed by atoms with van der Waals surface area (Å²) < 4.78 is 29.9. The number of piperidine rings is 1. The number of hydrogen-bond acceptors (Lipinski definition) is 5. The van der Waals surface area contributed by atoms with Crippen LogP contribution < -0.4 is 0 Å². The Bertz CT molecular complexity index is 1370. The minimum atomic E-state index is -3.55. The van der Waals surface area contributed by atoms with Gasteiger partial charge < -0.3 is 0 Å². The van der Waals surface area contributed by atoms with Crippen LogP contribution in [0, 0.1) is 13.8 Å². The van der Waals surface area contributed by atoms with Gasteiger partial charge in [-0.3, -0.25) is 0 Å². The summed E-state index contributed by atoms with van der Waals surface area (Å²) in [5.41, 5.74) is 2.94. The Hall–Kier alpha value is -2.84. The van der Waals surface area contributed by atoms with E-state index in [1.165, 1.54) is 0 Å². The van der Waals surface area contributed by atoms with Crippen molar-refractivity contribution >= 4 is 26.4 Å². The Morgan fingerprint density at radius 2 is 1.63 bits per heavy atom. The lowest BCUT2D eigenvalue weighted by Crippen LogP contribution is -2.35. The molecule has 1 aliphatic heterocycles. The van der Waals surface area contributed by atoms with E-state index in [-0.39, 0.29) is 0 Å². The fourth-order valence-electron chi connectivity index (χ4n) is 4.18. The molecule has 0 atom stereocenters. The summed E-state index contributed by atoms with van der Waals surface area (Å²) in [6, 6.07) is 13.4. The van der Waals surface area contributed by atoms with Gasteiger partial charge in [0, 0.05) is 29.4 Å². The largest absolute Gasteiger partial charge is 0.243 e. The maximum absolute atomic E-state index is 13.3. The highest BCUT2D eigenvalue weighted by atomic mass is 32.2. The number of aromatic nitrogens is 4. The molecular formula is C22H23N5O2S. The average Bonchev–Trinajstić information content (AvgIpc) is 3.19. The van der Waals surface area contributed by atoms with Gasteiger partial charge in [0.05, 0.1) is 10.6 Å². The molecule has 8 heteroatoms. The smallest absolute Gasteiger partial charge is 0.207 e. The van der Waals surface area contributed by atoms with Crippen LogP contribution in [0.1, 0.15) is 30.5 Å². The number of sulfonamides is 1. The lowest BCUT2D eigenvalue weighted by Gasteiger charge is -2.26. The molecule has 1 fully saturated rings. The summed E-state index contributed by atoms with van der Waals surface area (Å²) >= 11 is 0. The van der Waals surface area contributed by atoms with E-state index in [4.69, 9.17) is 0 Å². The van der Waals surface area contributed by atoms with E-state index in [0.717, 1.165) is 41.3 Å². The Kier molecular flexibility index (Phi) is 4.56. The number of fused-ring (bicyclic) bond motifs is 3. The van der Waals surface area contributed by atoms with E-state index in [1.807, 2.05) is 50.2 Å². The van der Waals surface area contributed by atoms with Gasteiger partial charge in [-0.1, -0.05) is 42.8 Å². The predicted octanol–water partition coefficient (Wildman–Crippen LogP) is 3.74. The van der Waals surface area contributed by atoms with Crippen molar-refractivity contribution in [2.24, 2.45) is 0 Å². The highest BCUT2D eigenvalue weighted by molar-refractivity contribution is 7.89. The molecule has 0 bridgehead atoms. The van der Waals surface area contributed by atoms with E-state index < -0.39 is 10.0 Å². The molecular weight excluding hydrogens is 398 g/mol. The van der Waals surface area contributed by atoms with Crippen LogP contribution in [0.5, 0.6) is 0 Å². The SMILES string of the molecule is Cc1ccc(-c2nnc3c4ccccc4c(C)nn23)cc1S(=O)(=O)N1CCCCC1. The van der Waals surface area contributed by atoms with Gasteiger partial charge in [-0.2, -0.15) is 13.9 Å². The molecule has 4 aromatic rings. The third-order valence-corrected chi connectivity index (χ3v) is 7.87. The number of rotatable bonds is 3. The molecule has 2 aromatic carbocycles. The van der Waals surface area contributed by atoms with Gasteiger partial charge in [-0.05, 0) is 38.3 Å². The van der Waals surface area contributed by atoms with Crippen LogP contribution in [0.3, 0.4) is 0 Å². The number of hydrogen-bond donors (Lipinski definition) is 0. The van der Waals surface area contributed by atoms with Crippen LogP contribution in [-0.4, -0.2) is 45.6 Å². The first-order valence-electron chi connectivity index (χ1n) is 10.2. The van der Waals surface area contributed by atoms with Gasteiger partial charge in [0.2, 0.25) is 10.0 Å². The van der Waals surface area contributed by atoms with Gasteiger partial charge in [-0.25, -0.2) is 8.42 Å². The molecule has 30 heavy (non-hydrogen) atoms. The average molecular weight is 422 g/mol. The van der Waals surface area contributed by atoms with Crippen LogP contribution in [0.4, 0.5) is 0 Å². The molecule has 0 aliphatic carbocycles. The number of benzene rings is 2. The van der Waals surface area contributed by atoms with Crippen molar-refractivity contribution in [3.05, 3.63) is 53.7 Å². The van der Waals surface area contributed by atoms with E-state index in [9.17, 15) is 8.42 Å². The highest BCUT2D eigenvalue weighted by Gasteiger charge is 2.28. The molecule has 0 spiro atoms. The molecule has 0 amide bonds. The maximum atomic E-state index is 13.3. The molecule has 1 aliphatic rings. The molecule has 0 radical (unpaired) electrons. The predicted molar refractivity (Wildman–Crippen MR) is 116 cm³/mol. The van der Waals surface area contributed by atoms with Gasteiger partial charge in [0.1, 0.15) is 0 Å². The zero-order valence-electron chi connectivity index (χ0n) is 17.0. The fraction of sp³-hybridized carbons (Fsp3) is 0.318. The normalized spacial score (nSPS) is 15.8. The third kappa shape index (κ3) is 2.98. The quantitative estimate of drug-likeness (QED) is 0.503. The Labute approximate surface area is 175 Å². The van der Waals surface area contributed by atoms with E-state index >= 15 is 0 Å². The first-order valence-corrected chi connectivity index (χ1v) is 11.6. The summed E-state index contributed by atoms with van der Waals surface area (Å²) in [6.07, 6.45) is 2.89. The van der Waals surface area contributed by atoms with Crippen molar-refractivity contribution in [1.29, 1.82) is 0 Å². The molecule has 5 rings (SSSR count). The number of aryl methyl sites for hydroxylation is 2. The number of nitrogens with zero attached hydrogens (tertiary/aromatic N) is 5. The molecule has 1 saturated heterocycles. The monoisotopic (exact) mass is 421 g/mol. The molecule has 0 N–H and O–H groups in total. The summed E-state index contributed by atoms with van der Waals surface area (Å²) in [4.78, 5) is 0.330. The standard InChI is InChI=1S/C22H23N5O2S/c1-15-10-11-17(14-20(15)30(28,29)26-12-6-3-7-13-26)21-23-24-22-19-9-5-4-8-18(19)16(2)25-27(21)22/h4-5,8-11,14H,3,6-7,12-13H2,1-2H3. The van der Waals surface area contributed by atoms with Gasteiger partial charge in [0.25, 0.3) is 0 Å². The molecule has 2 aromatic heterocycles. The zero-order chi connectivity index (χ0) is 20.9. The van der Waals surface area contributed by atoms with Crippen molar-refractivity contribution < 1.29 is 8.42 Å². The van der Waals surface area contributed by atoms with Crippen molar-refractivity contribution in [1.82, 2.24) is 24.1 Å². The van der Waals surface area contributed by atoms with Crippen LogP contribution in [-0.2, 0) is 10.0 Å². The van der Waals surface area contributed by atoms with Crippen molar-refractivity contribution in [3.8, 4) is 11.4 Å². The Balaban J connectivity index is 1.67. The topological polar surface area (TPSA) is 80.5 Å². The minimum Gasteiger partial charge on any atom is -0.207 e. The zero-order valence-corrected chi connectivity index (χ0v) is 17.9. The van der Waals surface area contributed by atoms with Crippen LogP contribution in [0.2, 0.25) is 0 Å². The van der Waals surface area contributed by atoms with Crippen molar-refractivity contribution in [2.45, 2.75) is 38.0 Å². The van der Waals surface area contributed by atoms with E-state index in [1.54, 1.807) is 14.9 Å². The second kappa shape index (κ2) is 7.14. The first kappa shape index (κ1) is 19.1. The fourth-order valence-corrected chi connectivity index (χ4v) is 5.95. The molecule has 0 unspecified atom stereocenters. The lowest BCUT2D eigenvalue weighted by molar-refractivity contribution is 0.346. The van der Waals surface area contributed by atoms with E-state index in [2.05, 4.69) is 15.3 Å². The molecule has 3 heterocycles. The maximum Gasteiger partial charge on any atom is 0.243 e. The molecule has 7 nitrogen and oxygen atoms in total. The first-order chi connectivity index (χ1) is 14.5. The van der Waals surface area contributed by atoms with Gasteiger partial charge in [0.15, 0.2) is 11.5 Å². The second-order valence-electron chi connectivity index (χ2n) is 7.84. The summed E-state index contributed by atoms with van der Waals surface area (Å²) in [7, 11) is -3.55. The van der Waals surface area contributed by atoms with Gasteiger partial charge >= 0.3 is 0 Å². The Morgan fingerprint density at radius 3 is 2.40 bits per heavy atom. The Morgan fingerprint density at radius 1 is 0.900 bits per heavy atom. The lowest BCUT2D eigenvalue weighted by atomic mass is 10.1. The van der Waals surface area contributed by atoms with Gasteiger partial charge in [-0.15, -0.1) is 10.2 Å². The highest BCUT2D eigenvalue weighted by Crippen LogP contribution is 2.29.